The van der Waals surface area contributed by atoms with E-state index in [1.54, 1.807) is 7.11 Å². The molecule has 74 valence electrons. The molecule has 0 fully saturated rings. The summed E-state index contributed by atoms with van der Waals surface area (Å²) in [7, 11) is 1.73. The molecule has 0 saturated carbocycles. The van der Waals surface area contributed by atoms with Crippen molar-refractivity contribution in [3.8, 4) is 0 Å². The van der Waals surface area contributed by atoms with Crippen molar-refractivity contribution in [2.45, 2.75) is 19.8 Å². The van der Waals surface area contributed by atoms with Crippen molar-refractivity contribution < 1.29 is 4.74 Å². The van der Waals surface area contributed by atoms with E-state index in [1.807, 2.05) is 11.8 Å². The van der Waals surface area contributed by atoms with Crippen molar-refractivity contribution in [1.82, 2.24) is 5.32 Å². The number of methoxy groups -OCH3 is 1. The summed E-state index contributed by atoms with van der Waals surface area (Å²) in [5.41, 5.74) is 0. The van der Waals surface area contributed by atoms with Crippen molar-refractivity contribution in [2.24, 2.45) is 0 Å². The Hall–Kier alpha value is 0.270. The molecule has 0 aliphatic rings. The molecule has 0 atom stereocenters. The van der Waals surface area contributed by atoms with E-state index < -0.39 is 0 Å². The monoisotopic (exact) mass is 191 g/mol. The number of hydrogen-bond acceptors (Lipinski definition) is 3. The molecule has 0 aromatic rings. The number of thioether (sulfide) groups is 1. The van der Waals surface area contributed by atoms with E-state index >= 15 is 0 Å². The molecular formula is C9H21NOS. The van der Waals surface area contributed by atoms with Crippen LogP contribution in [0.1, 0.15) is 19.8 Å². The van der Waals surface area contributed by atoms with Gasteiger partial charge < -0.3 is 10.1 Å². The zero-order valence-electron chi connectivity index (χ0n) is 8.27. The molecule has 0 unspecified atom stereocenters. The van der Waals surface area contributed by atoms with E-state index in [0.717, 1.165) is 19.7 Å². The van der Waals surface area contributed by atoms with Crippen LogP contribution in [-0.2, 0) is 4.74 Å². The standard InChI is InChI=1S/C9H21NOS/c1-3-8-12-9-4-5-10-6-7-11-2/h10H,3-9H2,1-2H3. The van der Waals surface area contributed by atoms with Gasteiger partial charge in [0.15, 0.2) is 0 Å². The lowest BCUT2D eigenvalue weighted by atomic mass is 10.5. The van der Waals surface area contributed by atoms with Crippen LogP contribution in [0.4, 0.5) is 0 Å². The minimum atomic E-state index is 0.822. The van der Waals surface area contributed by atoms with Crippen molar-refractivity contribution in [2.75, 3.05) is 38.3 Å². The summed E-state index contributed by atoms with van der Waals surface area (Å²) in [5.74, 6) is 2.59. The number of hydrogen-bond donors (Lipinski definition) is 1. The van der Waals surface area contributed by atoms with Gasteiger partial charge in [-0.1, -0.05) is 6.92 Å². The van der Waals surface area contributed by atoms with Crippen molar-refractivity contribution in [3.05, 3.63) is 0 Å². The van der Waals surface area contributed by atoms with Crippen molar-refractivity contribution in [3.63, 3.8) is 0 Å². The van der Waals surface area contributed by atoms with E-state index in [1.165, 1.54) is 24.3 Å². The fraction of sp³-hybridized carbons (Fsp3) is 1.00. The predicted octanol–water partition coefficient (Wildman–Crippen LogP) is 1.76. The van der Waals surface area contributed by atoms with E-state index in [9.17, 15) is 0 Å². The van der Waals surface area contributed by atoms with Crippen molar-refractivity contribution in [1.29, 1.82) is 0 Å². The fourth-order valence-corrected chi connectivity index (χ4v) is 1.69. The molecule has 0 aromatic heterocycles. The highest BCUT2D eigenvalue weighted by Gasteiger charge is 1.88. The lowest BCUT2D eigenvalue weighted by Gasteiger charge is -2.02. The average Bonchev–Trinajstić information content (AvgIpc) is 2.10. The third-order valence-electron chi connectivity index (χ3n) is 1.47. The lowest BCUT2D eigenvalue weighted by Crippen LogP contribution is -2.20. The normalized spacial score (nSPS) is 10.5. The maximum absolute atomic E-state index is 4.92. The number of nitrogens with one attached hydrogen (secondary N) is 1. The molecule has 0 rings (SSSR count). The Morgan fingerprint density at radius 1 is 1.25 bits per heavy atom. The van der Waals surface area contributed by atoms with Gasteiger partial charge in [0.25, 0.3) is 0 Å². The van der Waals surface area contributed by atoms with Gasteiger partial charge in [0.2, 0.25) is 0 Å². The van der Waals surface area contributed by atoms with Gasteiger partial charge in [0.1, 0.15) is 0 Å². The molecular weight excluding hydrogens is 170 g/mol. The molecule has 3 heteroatoms. The molecule has 1 N–H and O–H groups in total. The molecule has 0 amide bonds. The molecule has 12 heavy (non-hydrogen) atoms. The summed E-state index contributed by atoms with van der Waals surface area (Å²) in [6.07, 6.45) is 2.57. The molecule has 0 spiro atoms. The fourth-order valence-electron chi connectivity index (χ4n) is 0.845. The average molecular weight is 191 g/mol. The van der Waals surface area contributed by atoms with Crippen molar-refractivity contribution >= 4 is 11.8 Å². The van der Waals surface area contributed by atoms with Crippen LogP contribution >= 0.6 is 11.8 Å². The van der Waals surface area contributed by atoms with E-state index in [4.69, 9.17) is 4.74 Å². The Labute approximate surface area is 80.4 Å². The van der Waals surface area contributed by atoms with Gasteiger partial charge in [-0.3, -0.25) is 0 Å². The third-order valence-corrected chi connectivity index (χ3v) is 2.75. The number of rotatable bonds is 9. The zero-order chi connectivity index (χ0) is 9.07. The number of ether oxygens (including phenoxy) is 1. The summed E-state index contributed by atoms with van der Waals surface area (Å²) in [6, 6.07) is 0. The van der Waals surface area contributed by atoms with E-state index in [-0.39, 0.29) is 0 Å². The Balaban J connectivity index is 2.73. The second-order valence-corrected chi connectivity index (χ2v) is 3.93. The summed E-state index contributed by atoms with van der Waals surface area (Å²) < 4.78 is 4.92. The molecule has 0 heterocycles. The SMILES string of the molecule is CCCSCCCNCCOC. The largest absolute Gasteiger partial charge is 0.383 e. The summed E-state index contributed by atoms with van der Waals surface area (Å²) in [4.78, 5) is 0. The van der Waals surface area contributed by atoms with Crippen LogP contribution in [0.25, 0.3) is 0 Å². The second kappa shape index (κ2) is 11.3. The molecule has 0 saturated heterocycles. The van der Waals surface area contributed by atoms with Gasteiger partial charge in [0.05, 0.1) is 6.61 Å². The summed E-state index contributed by atoms with van der Waals surface area (Å²) in [6.45, 7) is 5.15. The summed E-state index contributed by atoms with van der Waals surface area (Å²) >= 11 is 2.05. The van der Waals surface area contributed by atoms with Gasteiger partial charge in [0, 0.05) is 13.7 Å². The molecule has 0 aliphatic heterocycles. The van der Waals surface area contributed by atoms with E-state index in [2.05, 4.69) is 12.2 Å². The van der Waals surface area contributed by atoms with Crippen LogP contribution in [0.3, 0.4) is 0 Å². The molecule has 2 nitrogen and oxygen atoms in total. The molecule has 0 aromatic carbocycles. The van der Waals surface area contributed by atoms with Crippen LogP contribution in [0.5, 0.6) is 0 Å². The van der Waals surface area contributed by atoms with Crippen LogP contribution < -0.4 is 5.32 Å². The van der Waals surface area contributed by atoms with Crippen LogP contribution in [-0.4, -0.2) is 38.3 Å². The zero-order valence-corrected chi connectivity index (χ0v) is 9.08. The topological polar surface area (TPSA) is 21.3 Å². The maximum Gasteiger partial charge on any atom is 0.0587 e. The maximum atomic E-state index is 4.92. The van der Waals surface area contributed by atoms with Gasteiger partial charge in [-0.2, -0.15) is 11.8 Å². The first-order valence-corrected chi connectivity index (χ1v) is 5.84. The molecule has 0 radical (unpaired) electrons. The Kier molecular flexibility index (Phi) is 11.5. The molecule has 0 aliphatic carbocycles. The second-order valence-electron chi connectivity index (χ2n) is 2.71. The Bertz CT molecular complexity index is 70.9. The van der Waals surface area contributed by atoms with Gasteiger partial charge in [-0.05, 0) is 30.9 Å². The predicted molar refractivity (Wildman–Crippen MR) is 57.0 cm³/mol. The van der Waals surface area contributed by atoms with Gasteiger partial charge in [-0.25, -0.2) is 0 Å². The highest BCUT2D eigenvalue weighted by molar-refractivity contribution is 7.99. The summed E-state index contributed by atoms with van der Waals surface area (Å²) in [5, 5.41) is 3.32. The molecule has 0 bridgehead atoms. The highest BCUT2D eigenvalue weighted by Crippen LogP contribution is 2.02. The first kappa shape index (κ1) is 12.3. The first-order valence-electron chi connectivity index (χ1n) is 4.69. The first-order chi connectivity index (χ1) is 5.91. The Morgan fingerprint density at radius 3 is 2.75 bits per heavy atom. The quantitative estimate of drug-likeness (QED) is 0.561. The lowest BCUT2D eigenvalue weighted by molar-refractivity contribution is 0.199. The Morgan fingerprint density at radius 2 is 2.08 bits per heavy atom. The van der Waals surface area contributed by atoms with Crippen LogP contribution in [0.15, 0.2) is 0 Å². The van der Waals surface area contributed by atoms with Crippen LogP contribution in [0, 0.1) is 0 Å². The third kappa shape index (κ3) is 10.3. The van der Waals surface area contributed by atoms with Gasteiger partial charge >= 0.3 is 0 Å². The minimum Gasteiger partial charge on any atom is -0.383 e. The van der Waals surface area contributed by atoms with Gasteiger partial charge in [-0.15, -0.1) is 0 Å². The van der Waals surface area contributed by atoms with Crippen LogP contribution in [0.2, 0.25) is 0 Å². The minimum absolute atomic E-state index is 0.822. The van der Waals surface area contributed by atoms with E-state index in [0.29, 0.717) is 0 Å². The smallest absolute Gasteiger partial charge is 0.0587 e. The highest BCUT2D eigenvalue weighted by atomic mass is 32.2.